The van der Waals surface area contributed by atoms with Gasteiger partial charge in [0.25, 0.3) is 5.22 Å². The fourth-order valence-corrected chi connectivity index (χ4v) is 4.06. The van der Waals surface area contributed by atoms with E-state index >= 15 is 0 Å². The summed E-state index contributed by atoms with van der Waals surface area (Å²) in [5.41, 5.74) is 1.98. The number of benzene rings is 3. The van der Waals surface area contributed by atoms with Crippen LogP contribution in [-0.4, -0.2) is 42.1 Å². The number of carbonyl (C=O) groups excluding carboxylic acids is 3. The molecule has 0 aliphatic rings. The number of nitrogens with zero attached hydrogens (tertiary/aromatic N) is 1. The third-order valence-electron chi connectivity index (χ3n) is 4.89. The maximum atomic E-state index is 12.5. The molecule has 8 nitrogen and oxygen atoms in total. The summed E-state index contributed by atoms with van der Waals surface area (Å²) >= 11 is 12.9. The molecule has 0 aliphatic heterocycles. The van der Waals surface area contributed by atoms with Gasteiger partial charge in [0.05, 0.1) is 34.2 Å². The highest BCUT2D eigenvalue weighted by Crippen LogP contribution is 2.28. The second kappa shape index (κ2) is 11.5. The molecule has 11 heteroatoms. The van der Waals surface area contributed by atoms with E-state index in [4.69, 9.17) is 37.1 Å². The molecule has 0 radical (unpaired) electrons. The fraction of sp³-hybridized carbons (Fsp3) is 0.120. The minimum atomic E-state index is -0.748. The van der Waals surface area contributed by atoms with Crippen LogP contribution in [0.5, 0.6) is 5.75 Å². The lowest BCUT2D eigenvalue weighted by molar-refractivity contribution is -0.113. The molecule has 1 N–H and O–H groups in total. The standard InChI is InChI=1S/C25H18Cl2N2O6S/c1-33-21-9-7-15(24(32)34-12-20(30)14-6-8-16(26)17(27)10-14)11-19(21)28-23(31)13-36-25-29-18-4-2-3-5-22(18)35-25/h2-11H,12-13H2,1H3,(H,28,31). The summed E-state index contributed by atoms with van der Waals surface area (Å²) in [7, 11) is 1.44. The van der Waals surface area contributed by atoms with E-state index in [0.29, 0.717) is 27.1 Å². The number of fused-ring (bicyclic) bond motifs is 1. The van der Waals surface area contributed by atoms with E-state index in [1.165, 1.54) is 43.5 Å². The van der Waals surface area contributed by atoms with Gasteiger partial charge in [-0.05, 0) is 48.5 Å². The van der Waals surface area contributed by atoms with Crippen LogP contribution in [0, 0.1) is 0 Å². The molecule has 0 spiro atoms. The Kier molecular flexibility index (Phi) is 8.14. The molecule has 1 aromatic heterocycles. The van der Waals surface area contributed by atoms with Crippen molar-refractivity contribution in [3.8, 4) is 5.75 Å². The molecule has 3 aromatic carbocycles. The second-order valence-electron chi connectivity index (χ2n) is 7.33. The van der Waals surface area contributed by atoms with Crippen molar-refractivity contribution < 1.29 is 28.3 Å². The smallest absolute Gasteiger partial charge is 0.338 e. The van der Waals surface area contributed by atoms with Crippen LogP contribution < -0.4 is 10.1 Å². The largest absolute Gasteiger partial charge is 0.495 e. The van der Waals surface area contributed by atoms with Crippen LogP contribution in [0.4, 0.5) is 5.69 Å². The Bertz CT molecular complexity index is 1420. The first-order valence-corrected chi connectivity index (χ1v) is 12.2. The highest BCUT2D eigenvalue weighted by molar-refractivity contribution is 7.99. The highest BCUT2D eigenvalue weighted by Gasteiger charge is 2.17. The number of hydrogen-bond acceptors (Lipinski definition) is 8. The second-order valence-corrected chi connectivity index (χ2v) is 9.07. The van der Waals surface area contributed by atoms with E-state index in [9.17, 15) is 14.4 Å². The zero-order chi connectivity index (χ0) is 25.7. The quantitative estimate of drug-likeness (QED) is 0.157. The van der Waals surface area contributed by atoms with Crippen LogP contribution in [0.25, 0.3) is 11.1 Å². The number of ketones is 1. The van der Waals surface area contributed by atoms with Crippen LogP contribution in [0.3, 0.4) is 0 Å². The molecule has 0 saturated carbocycles. The SMILES string of the molecule is COc1ccc(C(=O)OCC(=O)c2ccc(Cl)c(Cl)c2)cc1NC(=O)CSc1nc2ccccc2o1. The number of Topliss-reactive ketones (excluding diaryl/α,β-unsaturated/α-hetero) is 1. The Balaban J connectivity index is 1.37. The van der Waals surface area contributed by atoms with Gasteiger partial charge in [0.2, 0.25) is 5.91 Å². The van der Waals surface area contributed by atoms with E-state index < -0.39 is 18.4 Å². The molecule has 0 saturated heterocycles. The summed E-state index contributed by atoms with van der Waals surface area (Å²) in [6.45, 7) is -0.494. The number of ether oxygens (including phenoxy) is 2. The number of rotatable bonds is 9. The summed E-state index contributed by atoms with van der Waals surface area (Å²) in [4.78, 5) is 41.7. The van der Waals surface area contributed by atoms with Gasteiger partial charge in [-0.25, -0.2) is 9.78 Å². The van der Waals surface area contributed by atoms with Crippen molar-refractivity contribution in [2.75, 3.05) is 24.8 Å². The van der Waals surface area contributed by atoms with Gasteiger partial charge in [-0.3, -0.25) is 9.59 Å². The van der Waals surface area contributed by atoms with Gasteiger partial charge in [0.1, 0.15) is 11.3 Å². The number of anilines is 1. The normalized spacial score (nSPS) is 10.8. The van der Waals surface area contributed by atoms with Gasteiger partial charge in [0, 0.05) is 5.56 Å². The number of carbonyl (C=O) groups is 3. The molecule has 4 aromatic rings. The molecule has 0 aliphatic carbocycles. The van der Waals surface area contributed by atoms with Crippen molar-refractivity contribution in [3.05, 3.63) is 81.8 Å². The number of esters is 1. The number of para-hydroxylation sites is 2. The van der Waals surface area contributed by atoms with Crippen LogP contribution in [0.15, 0.2) is 70.3 Å². The third-order valence-corrected chi connectivity index (χ3v) is 6.45. The number of thioether (sulfide) groups is 1. The molecule has 4 rings (SSSR count). The Morgan fingerprint density at radius 3 is 2.53 bits per heavy atom. The monoisotopic (exact) mass is 544 g/mol. The minimum absolute atomic E-state index is 0.0167. The molecule has 0 unspecified atom stereocenters. The number of oxazole rings is 1. The Labute approximate surface area is 219 Å². The van der Waals surface area contributed by atoms with Crippen molar-refractivity contribution in [2.24, 2.45) is 0 Å². The topological polar surface area (TPSA) is 108 Å². The maximum Gasteiger partial charge on any atom is 0.338 e. The van der Waals surface area contributed by atoms with E-state index in [1.54, 1.807) is 6.07 Å². The van der Waals surface area contributed by atoms with E-state index in [2.05, 4.69) is 10.3 Å². The van der Waals surface area contributed by atoms with Gasteiger partial charge >= 0.3 is 5.97 Å². The summed E-state index contributed by atoms with van der Waals surface area (Å²) < 4.78 is 16.0. The lowest BCUT2D eigenvalue weighted by Gasteiger charge is -2.12. The molecular formula is C25H18Cl2N2O6S. The Morgan fingerprint density at radius 1 is 1.00 bits per heavy atom. The Morgan fingerprint density at radius 2 is 1.78 bits per heavy atom. The number of nitrogens with one attached hydrogen (secondary N) is 1. The molecule has 1 heterocycles. The van der Waals surface area contributed by atoms with Gasteiger partial charge in [-0.1, -0.05) is 47.1 Å². The van der Waals surface area contributed by atoms with Gasteiger partial charge < -0.3 is 19.2 Å². The first kappa shape index (κ1) is 25.6. The zero-order valence-corrected chi connectivity index (χ0v) is 21.1. The van der Waals surface area contributed by atoms with Crippen LogP contribution in [0.2, 0.25) is 10.0 Å². The van der Waals surface area contributed by atoms with Crippen LogP contribution in [-0.2, 0) is 9.53 Å². The van der Waals surface area contributed by atoms with Crippen LogP contribution >= 0.6 is 35.0 Å². The number of amides is 1. The number of aromatic nitrogens is 1. The summed E-state index contributed by atoms with van der Waals surface area (Å²) in [6.07, 6.45) is 0. The molecule has 36 heavy (non-hydrogen) atoms. The van der Waals surface area contributed by atoms with Crippen molar-refractivity contribution in [2.45, 2.75) is 5.22 Å². The molecule has 0 fully saturated rings. The highest BCUT2D eigenvalue weighted by atomic mass is 35.5. The average molecular weight is 545 g/mol. The average Bonchev–Trinajstić information content (AvgIpc) is 3.30. The predicted octanol–water partition coefficient (Wildman–Crippen LogP) is 5.91. The molecule has 184 valence electrons. The third kappa shape index (κ3) is 6.17. The van der Waals surface area contributed by atoms with E-state index in [0.717, 1.165) is 11.8 Å². The van der Waals surface area contributed by atoms with Crippen molar-refractivity contribution in [1.82, 2.24) is 4.98 Å². The number of hydrogen-bond donors (Lipinski definition) is 1. The van der Waals surface area contributed by atoms with Crippen molar-refractivity contribution >= 4 is 69.4 Å². The van der Waals surface area contributed by atoms with Gasteiger partial charge in [0.15, 0.2) is 18.0 Å². The summed E-state index contributed by atoms with van der Waals surface area (Å²) in [5.74, 6) is -1.19. The molecule has 0 atom stereocenters. The van der Waals surface area contributed by atoms with Gasteiger partial charge in [-0.15, -0.1) is 0 Å². The molecule has 0 bridgehead atoms. The van der Waals surface area contributed by atoms with E-state index in [-0.39, 0.29) is 33.5 Å². The van der Waals surface area contributed by atoms with Crippen molar-refractivity contribution in [3.63, 3.8) is 0 Å². The summed E-state index contributed by atoms with van der Waals surface area (Å²) in [5, 5.41) is 3.60. The summed E-state index contributed by atoms with van der Waals surface area (Å²) in [6, 6.07) is 16.1. The molecule has 1 amide bonds. The number of methoxy groups -OCH3 is 1. The maximum absolute atomic E-state index is 12.5. The van der Waals surface area contributed by atoms with Crippen LogP contribution in [0.1, 0.15) is 20.7 Å². The van der Waals surface area contributed by atoms with E-state index in [1.807, 2.05) is 18.2 Å². The fourth-order valence-electron chi connectivity index (χ4n) is 3.13. The zero-order valence-electron chi connectivity index (χ0n) is 18.7. The lowest BCUT2D eigenvalue weighted by Crippen LogP contribution is -2.17. The Hall–Kier alpha value is -3.53. The van der Waals surface area contributed by atoms with Gasteiger partial charge in [-0.2, -0.15) is 0 Å². The predicted molar refractivity (Wildman–Crippen MR) is 137 cm³/mol. The lowest BCUT2D eigenvalue weighted by atomic mass is 10.1. The minimum Gasteiger partial charge on any atom is -0.495 e. The molecular weight excluding hydrogens is 527 g/mol. The first-order chi connectivity index (χ1) is 17.3. The van der Waals surface area contributed by atoms with Crippen molar-refractivity contribution in [1.29, 1.82) is 0 Å². The number of halogens is 2. The first-order valence-electron chi connectivity index (χ1n) is 10.5.